The van der Waals surface area contributed by atoms with E-state index < -0.39 is 6.10 Å². The molecule has 0 radical (unpaired) electrons. The lowest BCUT2D eigenvalue weighted by Gasteiger charge is -2.29. The minimum Gasteiger partial charge on any atom is -0.384 e. The summed E-state index contributed by atoms with van der Waals surface area (Å²) in [5.41, 5.74) is 2.84. The van der Waals surface area contributed by atoms with E-state index in [2.05, 4.69) is 16.0 Å². The largest absolute Gasteiger partial charge is 0.384 e. The number of ether oxygens (including phenoxy) is 1. The summed E-state index contributed by atoms with van der Waals surface area (Å²) in [6, 6.07) is 11.8. The average molecular weight is 270 g/mol. The standard InChI is InChI=1S/C16H18N2O2/c19-16(14-4-2-6-17-12-14)13-3-1-5-15(11-13)18-7-9-20-10-8-18/h1-6,11-12,16,19H,7-10H2. The SMILES string of the molecule is OC(c1cccnc1)c1cccc(N2CCOCC2)c1. The van der Waals surface area contributed by atoms with Crippen molar-refractivity contribution in [3.63, 3.8) is 0 Å². The number of aliphatic hydroxyl groups is 1. The van der Waals surface area contributed by atoms with Crippen molar-refractivity contribution in [3.8, 4) is 0 Å². The highest BCUT2D eigenvalue weighted by Gasteiger charge is 2.14. The monoisotopic (exact) mass is 270 g/mol. The van der Waals surface area contributed by atoms with Gasteiger partial charge in [-0.25, -0.2) is 0 Å². The molecule has 4 nitrogen and oxygen atoms in total. The predicted molar refractivity (Wildman–Crippen MR) is 77.8 cm³/mol. The summed E-state index contributed by atoms with van der Waals surface area (Å²) in [5, 5.41) is 10.4. The van der Waals surface area contributed by atoms with Crippen molar-refractivity contribution in [1.29, 1.82) is 0 Å². The lowest BCUT2D eigenvalue weighted by atomic mass is 10.0. The van der Waals surface area contributed by atoms with Crippen molar-refractivity contribution in [3.05, 3.63) is 59.9 Å². The van der Waals surface area contributed by atoms with Crippen LogP contribution in [0.25, 0.3) is 0 Å². The van der Waals surface area contributed by atoms with Crippen LogP contribution in [0.15, 0.2) is 48.8 Å². The maximum atomic E-state index is 10.4. The Morgan fingerprint density at radius 3 is 2.65 bits per heavy atom. The van der Waals surface area contributed by atoms with Gasteiger partial charge < -0.3 is 14.7 Å². The molecule has 0 aliphatic carbocycles. The van der Waals surface area contributed by atoms with Crippen LogP contribution >= 0.6 is 0 Å². The normalized spacial score (nSPS) is 16.9. The van der Waals surface area contributed by atoms with Crippen molar-refractivity contribution < 1.29 is 9.84 Å². The second-order valence-corrected chi connectivity index (χ2v) is 4.88. The number of benzene rings is 1. The van der Waals surface area contributed by atoms with Crippen LogP contribution in [0.2, 0.25) is 0 Å². The Balaban J connectivity index is 1.83. The molecule has 0 saturated carbocycles. The summed E-state index contributed by atoms with van der Waals surface area (Å²) < 4.78 is 5.37. The van der Waals surface area contributed by atoms with Gasteiger partial charge in [0.05, 0.1) is 13.2 Å². The first-order chi connectivity index (χ1) is 9.84. The fraction of sp³-hybridized carbons (Fsp3) is 0.312. The van der Waals surface area contributed by atoms with E-state index in [0.717, 1.165) is 43.1 Å². The summed E-state index contributed by atoms with van der Waals surface area (Å²) in [7, 11) is 0. The van der Waals surface area contributed by atoms with Crippen molar-refractivity contribution in [2.24, 2.45) is 0 Å². The van der Waals surface area contributed by atoms with Gasteiger partial charge in [0.1, 0.15) is 6.10 Å². The Morgan fingerprint density at radius 1 is 1.10 bits per heavy atom. The van der Waals surface area contributed by atoms with Crippen LogP contribution in [0.3, 0.4) is 0 Å². The maximum Gasteiger partial charge on any atom is 0.106 e. The first-order valence-corrected chi connectivity index (χ1v) is 6.85. The van der Waals surface area contributed by atoms with Gasteiger partial charge in [-0.1, -0.05) is 18.2 Å². The molecule has 1 aromatic carbocycles. The van der Waals surface area contributed by atoms with E-state index in [0.29, 0.717) is 0 Å². The molecule has 1 N–H and O–H groups in total. The molecule has 104 valence electrons. The molecule has 1 atom stereocenters. The highest BCUT2D eigenvalue weighted by molar-refractivity contribution is 5.50. The highest BCUT2D eigenvalue weighted by atomic mass is 16.5. The van der Waals surface area contributed by atoms with Gasteiger partial charge in [-0.05, 0) is 23.8 Å². The number of hydrogen-bond donors (Lipinski definition) is 1. The molecule has 1 fully saturated rings. The minimum absolute atomic E-state index is 0.635. The van der Waals surface area contributed by atoms with E-state index in [1.165, 1.54) is 0 Å². The quantitative estimate of drug-likeness (QED) is 0.926. The number of anilines is 1. The zero-order chi connectivity index (χ0) is 13.8. The van der Waals surface area contributed by atoms with Gasteiger partial charge in [-0.3, -0.25) is 4.98 Å². The third-order valence-corrected chi connectivity index (χ3v) is 3.56. The molecule has 1 aromatic heterocycles. The predicted octanol–water partition coefficient (Wildman–Crippen LogP) is 2.00. The molecule has 2 aromatic rings. The topological polar surface area (TPSA) is 45.6 Å². The van der Waals surface area contributed by atoms with Crippen LogP contribution in [0, 0.1) is 0 Å². The summed E-state index contributed by atoms with van der Waals surface area (Å²) in [6.07, 6.45) is 2.77. The van der Waals surface area contributed by atoms with E-state index in [1.54, 1.807) is 12.4 Å². The third kappa shape index (κ3) is 2.81. The van der Waals surface area contributed by atoms with Gasteiger partial charge >= 0.3 is 0 Å². The summed E-state index contributed by atoms with van der Waals surface area (Å²) in [4.78, 5) is 6.34. The fourth-order valence-corrected chi connectivity index (χ4v) is 2.44. The highest BCUT2D eigenvalue weighted by Crippen LogP contribution is 2.25. The first kappa shape index (κ1) is 13.1. The van der Waals surface area contributed by atoms with E-state index in [-0.39, 0.29) is 0 Å². The third-order valence-electron chi connectivity index (χ3n) is 3.56. The average Bonchev–Trinajstić information content (AvgIpc) is 2.56. The molecular formula is C16H18N2O2. The number of morpholine rings is 1. The van der Waals surface area contributed by atoms with Crippen LogP contribution in [-0.2, 0) is 4.74 Å². The van der Waals surface area contributed by atoms with Crippen LogP contribution in [-0.4, -0.2) is 36.4 Å². The van der Waals surface area contributed by atoms with Crippen LogP contribution < -0.4 is 4.90 Å². The molecule has 1 aliphatic heterocycles. The summed E-state index contributed by atoms with van der Waals surface area (Å²) in [6.45, 7) is 3.31. The van der Waals surface area contributed by atoms with E-state index in [4.69, 9.17) is 4.74 Å². The maximum absolute atomic E-state index is 10.4. The lowest BCUT2D eigenvalue weighted by molar-refractivity contribution is 0.122. The molecular weight excluding hydrogens is 252 g/mol. The Hall–Kier alpha value is -1.91. The Bertz CT molecular complexity index is 553. The van der Waals surface area contributed by atoms with Gasteiger partial charge in [0, 0.05) is 36.7 Å². The molecule has 1 saturated heterocycles. The van der Waals surface area contributed by atoms with Crippen molar-refractivity contribution in [1.82, 2.24) is 4.98 Å². The van der Waals surface area contributed by atoms with Crippen LogP contribution in [0.4, 0.5) is 5.69 Å². The Morgan fingerprint density at radius 2 is 1.90 bits per heavy atom. The first-order valence-electron chi connectivity index (χ1n) is 6.85. The van der Waals surface area contributed by atoms with Gasteiger partial charge in [-0.15, -0.1) is 0 Å². The number of hydrogen-bond acceptors (Lipinski definition) is 4. The molecule has 0 bridgehead atoms. The number of nitrogens with zero attached hydrogens (tertiary/aromatic N) is 2. The van der Waals surface area contributed by atoms with Gasteiger partial charge in [-0.2, -0.15) is 0 Å². The molecule has 2 heterocycles. The second-order valence-electron chi connectivity index (χ2n) is 4.88. The lowest BCUT2D eigenvalue weighted by Crippen LogP contribution is -2.36. The molecule has 0 amide bonds. The van der Waals surface area contributed by atoms with Crippen LogP contribution in [0.5, 0.6) is 0 Å². The molecule has 1 aliphatic rings. The Kier molecular flexibility index (Phi) is 3.95. The van der Waals surface area contributed by atoms with Crippen molar-refractivity contribution >= 4 is 5.69 Å². The zero-order valence-corrected chi connectivity index (χ0v) is 11.3. The van der Waals surface area contributed by atoms with E-state index in [1.807, 2.05) is 30.3 Å². The molecule has 20 heavy (non-hydrogen) atoms. The van der Waals surface area contributed by atoms with Gasteiger partial charge in [0.2, 0.25) is 0 Å². The Labute approximate surface area is 118 Å². The molecule has 0 spiro atoms. The van der Waals surface area contributed by atoms with E-state index >= 15 is 0 Å². The zero-order valence-electron chi connectivity index (χ0n) is 11.3. The number of pyridine rings is 1. The summed E-state index contributed by atoms with van der Waals surface area (Å²) in [5.74, 6) is 0. The number of rotatable bonds is 3. The number of aliphatic hydroxyl groups excluding tert-OH is 1. The molecule has 4 heteroatoms. The number of aromatic nitrogens is 1. The van der Waals surface area contributed by atoms with Gasteiger partial charge in [0.15, 0.2) is 0 Å². The molecule has 3 rings (SSSR count). The fourth-order valence-electron chi connectivity index (χ4n) is 2.44. The smallest absolute Gasteiger partial charge is 0.106 e. The second kappa shape index (κ2) is 6.03. The minimum atomic E-state index is -0.635. The van der Waals surface area contributed by atoms with E-state index in [9.17, 15) is 5.11 Å². The van der Waals surface area contributed by atoms with Crippen molar-refractivity contribution in [2.45, 2.75) is 6.10 Å². The van der Waals surface area contributed by atoms with Crippen LogP contribution in [0.1, 0.15) is 17.2 Å². The summed E-state index contributed by atoms with van der Waals surface area (Å²) >= 11 is 0. The van der Waals surface area contributed by atoms with Crippen molar-refractivity contribution in [2.75, 3.05) is 31.2 Å². The van der Waals surface area contributed by atoms with Gasteiger partial charge in [0.25, 0.3) is 0 Å². The molecule has 1 unspecified atom stereocenters.